The molecule has 0 aliphatic heterocycles. The van der Waals surface area contributed by atoms with E-state index in [2.05, 4.69) is 29.4 Å². The molecule has 1 atom stereocenters. The maximum absolute atomic E-state index is 12.4. The van der Waals surface area contributed by atoms with E-state index in [0.717, 1.165) is 23.2 Å². The molecule has 0 aliphatic rings. The smallest absolute Gasteiger partial charge is 0.311 e. The van der Waals surface area contributed by atoms with Gasteiger partial charge in [-0.1, -0.05) is 43.3 Å². The zero-order chi connectivity index (χ0) is 21.5. The first kappa shape index (κ1) is 21.5. The Morgan fingerprint density at radius 1 is 1.07 bits per heavy atom. The van der Waals surface area contributed by atoms with Crippen LogP contribution in [0.3, 0.4) is 0 Å². The van der Waals surface area contributed by atoms with E-state index in [-0.39, 0.29) is 6.42 Å². The maximum Gasteiger partial charge on any atom is 0.311 e. The summed E-state index contributed by atoms with van der Waals surface area (Å²) in [5, 5.41) is 5.06. The van der Waals surface area contributed by atoms with E-state index in [0.29, 0.717) is 10.9 Å². The lowest BCUT2D eigenvalue weighted by Crippen LogP contribution is -2.30. The van der Waals surface area contributed by atoms with Gasteiger partial charge in [0.1, 0.15) is 5.75 Å². The number of thiazole rings is 1. The summed E-state index contributed by atoms with van der Waals surface area (Å²) in [6, 6.07) is 15.3. The molecule has 0 unspecified atom stereocenters. The highest BCUT2D eigenvalue weighted by molar-refractivity contribution is 7.14. The van der Waals surface area contributed by atoms with Crippen LogP contribution < -0.4 is 10.1 Å². The molecule has 7 heteroatoms. The second-order valence-electron chi connectivity index (χ2n) is 6.73. The van der Waals surface area contributed by atoms with Crippen molar-refractivity contribution < 1.29 is 19.1 Å². The molecule has 1 N–H and O–H groups in total. The van der Waals surface area contributed by atoms with Gasteiger partial charge in [-0.25, -0.2) is 4.98 Å². The van der Waals surface area contributed by atoms with Crippen molar-refractivity contribution in [2.45, 2.75) is 32.8 Å². The normalized spacial score (nSPS) is 11.6. The van der Waals surface area contributed by atoms with E-state index in [9.17, 15) is 9.59 Å². The largest absolute Gasteiger partial charge is 0.497 e. The van der Waals surface area contributed by atoms with Crippen LogP contribution in [0.5, 0.6) is 5.75 Å². The van der Waals surface area contributed by atoms with Crippen molar-refractivity contribution in [3.63, 3.8) is 0 Å². The number of nitrogens with zero attached hydrogens (tertiary/aromatic N) is 1. The van der Waals surface area contributed by atoms with Crippen molar-refractivity contribution in [2.75, 3.05) is 12.4 Å². The number of hydrogen-bond acceptors (Lipinski definition) is 6. The molecule has 0 saturated heterocycles. The van der Waals surface area contributed by atoms with E-state index in [4.69, 9.17) is 9.47 Å². The van der Waals surface area contributed by atoms with Gasteiger partial charge in [-0.05, 0) is 36.6 Å². The fraction of sp³-hybridized carbons (Fsp3) is 0.261. The summed E-state index contributed by atoms with van der Waals surface area (Å²) >= 11 is 1.33. The highest BCUT2D eigenvalue weighted by Crippen LogP contribution is 2.25. The number of carbonyl (C=O) groups is 2. The van der Waals surface area contributed by atoms with Crippen LogP contribution in [-0.4, -0.2) is 30.1 Å². The molecule has 0 fully saturated rings. The first-order valence-corrected chi connectivity index (χ1v) is 10.5. The van der Waals surface area contributed by atoms with Crippen LogP contribution in [-0.2, 0) is 27.2 Å². The lowest BCUT2D eigenvalue weighted by molar-refractivity contribution is -0.152. The first-order valence-electron chi connectivity index (χ1n) is 9.66. The number of hydrogen-bond donors (Lipinski definition) is 1. The predicted octanol–water partition coefficient (Wildman–Crippen LogP) is 4.49. The van der Waals surface area contributed by atoms with Crippen molar-refractivity contribution in [1.82, 2.24) is 4.98 Å². The molecule has 0 radical (unpaired) electrons. The predicted molar refractivity (Wildman–Crippen MR) is 118 cm³/mol. The minimum absolute atomic E-state index is 0.0801. The van der Waals surface area contributed by atoms with Crippen LogP contribution in [0.15, 0.2) is 53.9 Å². The van der Waals surface area contributed by atoms with Crippen LogP contribution in [0.25, 0.3) is 11.3 Å². The zero-order valence-electron chi connectivity index (χ0n) is 17.2. The van der Waals surface area contributed by atoms with Gasteiger partial charge in [0.05, 0.1) is 19.2 Å². The molecular formula is C23H24N2O4S. The topological polar surface area (TPSA) is 77.5 Å². The van der Waals surface area contributed by atoms with Crippen molar-refractivity contribution >= 4 is 28.3 Å². The number of ether oxygens (including phenoxy) is 2. The van der Waals surface area contributed by atoms with Crippen molar-refractivity contribution in [3.05, 3.63) is 65.0 Å². The number of carbonyl (C=O) groups excluding carboxylic acids is 2. The number of anilines is 1. The van der Waals surface area contributed by atoms with Crippen LogP contribution in [0.4, 0.5) is 5.13 Å². The first-order chi connectivity index (χ1) is 14.5. The Hall–Kier alpha value is -3.19. The monoisotopic (exact) mass is 424 g/mol. The average Bonchev–Trinajstić information content (AvgIpc) is 3.22. The van der Waals surface area contributed by atoms with Crippen LogP contribution in [0, 0.1) is 0 Å². The fourth-order valence-electron chi connectivity index (χ4n) is 2.78. The molecule has 1 amide bonds. The van der Waals surface area contributed by atoms with E-state index in [1.807, 2.05) is 17.5 Å². The van der Waals surface area contributed by atoms with Crippen molar-refractivity contribution in [2.24, 2.45) is 0 Å². The Bertz CT molecular complexity index is 997. The summed E-state index contributed by atoms with van der Waals surface area (Å²) in [4.78, 5) is 29.0. The van der Waals surface area contributed by atoms with Gasteiger partial charge >= 0.3 is 5.97 Å². The van der Waals surface area contributed by atoms with Crippen LogP contribution >= 0.6 is 11.3 Å². The molecule has 3 rings (SSSR count). The fourth-order valence-corrected chi connectivity index (χ4v) is 3.51. The molecule has 0 saturated carbocycles. The second kappa shape index (κ2) is 10.0. The highest BCUT2D eigenvalue weighted by Gasteiger charge is 2.19. The third-order valence-corrected chi connectivity index (χ3v) is 5.33. The van der Waals surface area contributed by atoms with Gasteiger partial charge in [-0.2, -0.15) is 0 Å². The number of aromatic nitrogens is 1. The van der Waals surface area contributed by atoms with Gasteiger partial charge in [0.15, 0.2) is 11.2 Å². The van der Waals surface area contributed by atoms with Crippen molar-refractivity contribution in [3.8, 4) is 17.0 Å². The molecule has 6 nitrogen and oxygen atoms in total. The second-order valence-corrected chi connectivity index (χ2v) is 7.59. The number of rotatable bonds is 8. The Morgan fingerprint density at radius 2 is 1.73 bits per heavy atom. The Balaban J connectivity index is 1.53. The highest BCUT2D eigenvalue weighted by atomic mass is 32.1. The van der Waals surface area contributed by atoms with Crippen LogP contribution in [0.1, 0.15) is 25.0 Å². The number of esters is 1. The molecule has 2 aromatic carbocycles. The number of amides is 1. The molecular weight excluding hydrogens is 400 g/mol. The molecule has 1 aromatic heterocycles. The SMILES string of the molecule is CCc1ccc(-c2csc(NC(=O)[C@H](C)OC(=O)Cc3ccc(OC)cc3)n2)cc1. The average molecular weight is 425 g/mol. The molecule has 30 heavy (non-hydrogen) atoms. The van der Waals surface area contributed by atoms with E-state index in [1.54, 1.807) is 38.3 Å². The third kappa shape index (κ3) is 5.67. The standard InChI is InChI=1S/C23H24N2O4S/c1-4-16-5-9-18(10-6-16)20-14-30-23(24-20)25-22(27)15(2)29-21(26)13-17-7-11-19(28-3)12-8-17/h5-12,14-15H,4,13H2,1-3H3,(H,24,25,27)/t15-/m0/s1. The molecule has 3 aromatic rings. The molecule has 156 valence electrons. The Morgan fingerprint density at radius 3 is 2.37 bits per heavy atom. The summed E-state index contributed by atoms with van der Waals surface area (Å²) in [5.74, 6) is -0.178. The Labute approximate surface area is 179 Å². The van der Waals surface area contributed by atoms with Gasteiger partial charge < -0.3 is 9.47 Å². The minimum Gasteiger partial charge on any atom is -0.497 e. The summed E-state index contributed by atoms with van der Waals surface area (Å²) in [6.45, 7) is 3.65. The molecule has 1 heterocycles. The van der Waals surface area contributed by atoms with Crippen LogP contribution in [0.2, 0.25) is 0 Å². The number of aryl methyl sites for hydroxylation is 1. The summed E-state index contributed by atoms with van der Waals surface area (Å²) in [7, 11) is 1.58. The minimum atomic E-state index is -0.924. The molecule has 0 spiro atoms. The van der Waals surface area contributed by atoms with E-state index in [1.165, 1.54) is 16.9 Å². The van der Waals surface area contributed by atoms with Gasteiger partial charge in [0.25, 0.3) is 5.91 Å². The van der Waals surface area contributed by atoms with Gasteiger partial charge in [0, 0.05) is 10.9 Å². The zero-order valence-corrected chi connectivity index (χ0v) is 18.0. The summed E-state index contributed by atoms with van der Waals surface area (Å²) in [5.41, 5.74) is 3.82. The molecule has 0 bridgehead atoms. The molecule has 0 aliphatic carbocycles. The van der Waals surface area contributed by atoms with Gasteiger partial charge in [0.2, 0.25) is 0 Å². The third-order valence-electron chi connectivity index (χ3n) is 4.58. The number of nitrogens with one attached hydrogen (secondary N) is 1. The number of benzene rings is 2. The van der Waals surface area contributed by atoms with Gasteiger partial charge in [-0.15, -0.1) is 11.3 Å². The lowest BCUT2D eigenvalue weighted by atomic mass is 10.1. The lowest BCUT2D eigenvalue weighted by Gasteiger charge is -2.12. The summed E-state index contributed by atoms with van der Waals surface area (Å²) < 4.78 is 10.3. The van der Waals surface area contributed by atoms with E-state index >= 15 is 0 Å². The Kier molecular flexibility index (Phi) is 7.19. The summed E-state index contributed by atoms with van der Waals surface area (Å²) in [6.07, 6.45) is 0.136. The van der Waals surface area contributed by atoms with Gasteiger partial charge in [-0.3, -0.25) is 14.9 Å². The van der Waals surface area contributed by atoms with Crippen molar-refractivity contribution in [1.29, 1.82) is 0 Å². The maximum atomic E-state index is 12.4. The van der Waals surface area contributed by atoms with E-state index < -0.39 is 18.0 Å². The number of methoxy groups -OCH3 is 1. The quantitative estimate of drug-likeness (QED) is 0.539.